The third-order valence-electron chi connectivity index (χ3n) is 3.82. The quantitative estimate of drug-likeness (QED) is 0.619. The van der Waals surface area contributed by atoms with E-state index in [0.29, 0.717) is 33.7 Å². The molecule has 3 aromatic carbocycles. The van der Waals surface area contributed by atoms with Crippen LogP contribution < -0.4 is 19.5 Å². The van der Waals surface area contributed by atoms with E-state index in [4.69, 9.17) is 25.8 Å². The number of carbonyl (C=O) groups is 1. The Bertz CT molecular complexity index is 922. The van der Waals surface area contributed by atoms with E-state index in [1.54, 1.807) is 36.4 Å². The molecule has 0 heterocycles. The number of benzene rings is 3. The molecule has 138 valence electrons. The summed E-state index contributed by atoms with van der Waals surface area (Å²) >= 11 is 6.11. The number of amides is 1. The van der Waals surface area contributed by atoms with Crippen molar-refractivity contribution in [2.45, 2.75) is 0 Å². The molecule has 1 N–H and O–H groups in total. The summed E-state index contributed by atoms with van der Waals surface area (Å²) in [4.78, 5) is 12.9. The molecule has 0 aliphatic heterocycles. The number of para-hydroxylation sites is 1. The molecule has 27 heavy (non-hydrogen) atoms. The Kier molecular flexibility index (Phi) is 5.84. The number of carbonyl (C=O) groups excluding carboxylic acids is 1. The van der Waals surface area contributed by atoms with Crippen LogP contribution in [0.2, 0.25) is 5.02 Å². The van der Waals surface area contributed by atoms with E-state index in [1.807, 2.05) is 30.3 Å². The van der Waals surface area contributed by atoms with Crippen molar-refractivity contribution in [2.24, 2.45) is 0 Å². The summed E-state index contributed by atoms with van der Waals surface area (Å²) in [6.07, 6.45) is 0. The number of hydrogen-bond donors (Lipinski definition) is 1. The number of ether oxygens (including phenoxy) is 3. The van der Waals surface area contributed by atoms with Crippen molar-refractivity contribution in [1.82, 2.24) is 0 Å². The van der Waals surface area contributed by atoms with Crippen LogP contribution in [-0.4, -0.2) is 20.1 Å². The number of methoxy groups -OCH3 is 2. The molecular weight excluding hydrogens is 366 g/mol. The maximum Gasteiger partial charge on any atom is 0.263 e. The van der Waals surface area contributed by atoms with Crippen molar-refractivity contribution in [3.8, 4) is 23.0 Å². The number of halogens is 1. The van der Waals surface area contributed by atoms with Crippen LogP contribution in [0.15, 0.2) is 66.7 Å². The fourth-order valence-electron chi connectivity index (χ4n) is 2.56. The monoisotopic (exact) mass is 383 g/mol. The van der Waals surface area contributed by atoms with Crippen LogP contribution in [0.5, 0.6) is 23.0 Å². The molecule has 0 unspecified atom stereocenters. The lowest BCUT2D eigenvalue weighted by atomic mass is 10.1. The van der Waals surface area contributed by atoms with E-state index >= 15 is 0 Å². The van der Waals surface area contributed by atoms with Gasteiger partial charge in [-0.05, 0) is 42.5 Å². The third kappa shape index (κ3) is 4.33. The standard InChI is InChI=1S/C21H18ClNO4/c1-25-18-9-6-10-19(26-2)20(18)21(24)23-16-13-14(22)11-12-17(16)27-15-7-4-3-5-8-15/h3-13H,1-2H3,(H,23,24). The van der Waals surface area contributed by atoms with Gasteiger partial charge in [-0.25, -0.2) is 0 Å². The second-order valence-electron chi connectivity index (χ2n) is 5.55. The lowest BCUT2D eigenvalue weighted by molar-refractivity contribution is 0.102. The van der Waals surface area contributed by atoms with Crippen molar-refractivity contribution in [3.63, 3.8) is 0 Å². The number of hydrogen-bond acceptors (Lipinski definition) is 4. The van der Waals surface area contributed by atoms with Crippen molar-refractivity contribution in [2.75, 3.05) is 19.5 Å². The minimum Gasteiger partial charge on any atom is -0.496 e. The summed E-state index contributed by atoms with van der Waals surface area (Å²) < 4.78 is 16.5. The molecule has 0 atom stereocenters. The van der Waals surface area contributed by atoms with Crippen LogP contribution in [0, 0.1) is 0 Å². The molecule has 0 saturated carbocycles. The predicted octanol–water partition coefficient (Wildman–Crippen LogP) is 5.40. The summed E-state index contributed by atoms with van der Waals surface area (Å²) in [5, 5.41) is 3.30. The smallest absolute Gasteiger partial charge is 0.263 e. The second-order valence-corrected chi connectivity index (χ2v) is 5.98. The molecule has 3 rings (SSSR count). The fourth-order valence-corrected chi connectivity index (χ4v) is 2.74. The minimum absolute atomic E-state index is 0.285. The van der Waals surface area contributed by atoms with Gasteiger partial charge >= 0.3 is 0 Å². The Hall–Kier alpha value is -3.18. The average molecular weight is 384 g/mol. The van der Waals surface area contributed by atoms with E-state index in [2.05, 4.69) is 5.32 Å². The molecule has 0 aromatic heterocycles. The highest BCUT2D eigenvalue weighted by molar-refractivity contribution is 6.31. The largest absolute Gasteiger partial charge is 0.496 e. The maximum atomic E-state index is 12.9. The van der Waals surface area contributed by atoms with Crippen molar-refractivity contribution in [3.05, 3.63) is 77.3 Å². The van der Waals surface area contributed by atoms with Gasteiger partial charge in [-0.3, -0.25) is 4.79 Å². The lowest BCUT2D eigenvalue weighted by Gasteiger charge is -2.15. The van der Waals surface area contributed by atoms with E-state index in [-0.39, 0.29) is 5.56 Å². The number of nitrogens with one attached hydrogen (secondary N) is 1. The van der Waals surface area contributed by atoms with E-state index < -0.39 is 5.91 Å². The van der Waals surface area contributed by atoms with Gasteiger partial charge in [-0.15, -0.1) is 0 Å². The Morgan fingerprint density at radius 2 is 1.52 bits per heavy atom. The van der Waals surface area contributed by atoms with Crippen LogP contribution >= 0.6 is 11.6 Å². The molecule has 0 aliphatic carbocycles. The van der Waals surface area contributed by atoms with E-state index in [1.165, 1.54) is 14.2 Å². The first-order valence-electron chi connectivity index (χ1n) is 8.17. The molecule has 0 aliphatic rings. The maximum absolute atomic E-state index is 12.9. The van der Waals surface area contributed by atoms with Gasteiger partial charge in [0.05, 0.1) is 19.9 Å². The molecular formula is C21H18ClNO4. The first-order valence-corrected chi connectivity index (χ1v) is 8.55. The van der Waals surface area contributed by atoms with Gasteiger partial charge in [-0.1, -0.05) is 35.9 Å². The zero-order chi connectivity index (χ0) is 19.2. The van der Waals surface area contributed by atoms with Gasteiger partial charge in [0.15, 0.2) is 5.75 Å². The molecule has 0 spiro atoms. The highest BCUT2D eigenvalue weighted by atomic mass is 35.5. The zero-order valence-electron chi connectivity index (χ0n) is 14.9. The van der Waals surface area contributed by atoms with Gasteiger partial charge in [0.2, 0.25) is 0 Å². The van der Waals surface area contributed by atoms with Crippen LogP contribution in [-0.2, 0) is 0 Å². The highest BCUT2D eigenvalue weighted by Gasteiger charge is 2.20. The van der Waals surface area contributed by atoms with Crippen LogP contribution in [0.4, 0.5) is 5.69 Å². The third-order valence-corrected chi connectivity index (χ3v) is 4.05. The van der Waals surface area contributed by atoms with Crippen LogP contribution in [0.3, 0.4) is 0 Å². The van der Waals surface area contributed by atoms with Gasteiger partial charge in [-0.2, -0.15) is 0 Å². The van der Waals surface area contributed by atoms with Gasteiger partial charge < -0.3 is 19.5 Å². The average Bonchev–Trinajstić information content (AvgIpc) is 2.70. The molecule has 0 radical (unpaired) electrons. The fraction of sp³-hybridized carbons (Fsp3) is 0.0952. The summed E-state index contributed by atoms with van der Waals surface area (Å²) in [5.74, 6) is 1.52. The first-order chi connectivity index (χ1) is 13.1. The summed E-state index contributed by atoms with van der Waals surface area (Å²) in [6, 6.07) is 19.4. The van der Waals surface area contributed by atoms with E-state index in [9.17, 15) is 4.79 Å². The summed E-state index contributed by atoms with van der Waals surface area (Å²) in [7, 11) is 2.99. The topological polar surface area (TPSA) is 56.8 Å². The van der Waals surface area contributed by atoms with Gasteiger partial charge in [0, 0.05) is 5.02 Å². The van der Waals surface area contributed by atoms with Crippen LogP contribution in [0.1, 0.15) is 10.4 Å². The Morgan fingerprint density at radius 3 is 2.15 bits per heavy atom. The highest BCUT2D eigenvalue weighted by Crippen LogP contribution is 2.34. The normalized spacial score (nSPS) is 10.2. The Labute approximate surface area is 162 Å². The molecule has 0 fully saturated rings. The molecule has 3 aromatic rings. The summed E-state index contributed by atoms with van der Waals surface area (Å²) in [6.45, 7) is 0. The van der Waals surface area contributed by atoms with Crippen molar-refractivity contribution < 1.29 is 19.0 Å². The lowest BCUT2D eigenvalue weighted by Crippen LogP contribution is -2.15. The van der Waals surface area contributed by atoms with Gasteiger partial charge in [0.1, 0.15) is 22.8 Å². The van der Waals surface area contributed by atoms with Crippen LogP contribution in [0.25, 0.3) is 0 Å². The van der Waals surface area contributed by atoms with Gasteiger partial charge in [0.25, 0.3) is 5.91 Å². The Balaban J connectivity index is 1.94. The van der Waals surface area contributed by atoms with Crippen molar-refractivity contribution >= 4 is 23.2 Å². The molecule has 6 heteroatoms. The number of rotatable bonds is 6. The number of anilines is 1. The van der Waals surface area contributed by atoms with E-state index in [0.717, 1.165) is 0 Å². The zero-order valence-corrected chi connectivity index (χ0v) is 15.6. The molecule has 1 amide bonds. The molecule has 5 nitrogen and oxygen atoms in total. The second kappa shape index (κ2) is 8.47. The SMILES string of the molecule is COc1cccc(OC)c1C(=O)Nc1cc(Cl)ccc1Oc1ccccc1. The molecule has 0 saturated heterocycles. The minimum atomic E-state index is -0.399. The predicted molar refractivity (Wildman–Crippen MR) is 105 cm³/mol. The van der Waals surface area contributed by atoms with Crippen molar-refractivity contribution in [1.29, 1.82) is 0 Å². The summed E-state index contributed by atoms with van der Waals surface area (Å²) in [5.41, 5.74) is 0.720. The Morgan fingerprint density at radius 1 is 0.852 bits per heavy atom. The molecule has 0 bridgehead atoms. The first kappa shape index (κ1) is 18.6.